The topological polar surface area (TPSA) is 107 Å². The number of benzodiazepines with no additional fused rings is 1. The normalized spacial score (nSPS) is 17.1. The Kier molecular flexibility index (Phi) is 7.68. The van der Waals surface area contributed by atoms with Crippen molar-refractivity contribution in [2.75, 3.05) is 18.5 Å². The minimum absolute atomic E-state index is 0.0174. The van der Waals surface area contributed by atoms with Gasteiger partial charge in [0.1, 0.15) is 11.4 Å². The van der Waals surface area contributed by atoms with E-state index < -0.39 is 29.6 Å². The Morgan fingerprint density at radius 3 is 2.60 bits per heavy atom. The second kappa shape index (κ2) is 11.7. The fourth-order valence-electron chi connectivity index (χ4n) is 4.88. The molecule has 3 aromatic carbocycles. The summed E-state index contributed by atoms with van der Waals surface area (Å²) in [6, 6.07) is 17.0. The van der Waals surface area contributed by atoms with Gasteiger partial charge in [0.05, 0.1) is 23.6 Å². The summed E-state index contributed by atoms with van der Waals surface area (Å²) in [7, 11) is 0. The standard InChI is InChI=1S/C30H24ClF2N5O4/c31-18-9-10-24(23(33)15-18)42-30-21(16-34-38(30)19-11-13-41-14-12-19)28(39)37-27-29(40)36-26-20(7-4-8-22(26)32)25(35-27)17-5-2-1-3-6-17/h1-10,15-16,19,27H,11-14H2,(H,36,40)(H,37,39)/t27-/m1/s1. The van der Waals surface area contributed by atoms with Crippen LogP contribution in [0.4, 0.5) is 14.5 Å². The fraction of sp³-hybridized carbons (Fsp3) is 0.200. The van der Waals surface area contributed by atoms with Crippen molar-refractivity contribution in [2.45, 2.75) is 25.0 Å². The van der Waals surface area contributed by atoms with Crippen LogP contribution in [0.5, 0.6) is 11.6 Å². The molecule has 42 heavy (non-hydrogen) atoms. The van der Waals surface area contributed by atoms with Crippen molar-refractivity contribution in [2.24, 2.45) is 4.99 Å². The molecule has 0 radical (unpaired) electrons. The summed E-state index contributed by atoms with van der Waals surface area (Å²) in [6.07, 6.45) is 1.05. The third kappa shape index (κ3) is 5.48. The molecule has 0 saturated carbocycles. The van der Waals surface area contributed by atoms with Crippen LogP contribution in [0.2, 0.25) is 5.02 Å². The quantitative estimate of drug-likeness (QED) is 0.308. The number of nitrogens with zero attached hydrogens (tertiary/aromatic N) is 3. The zero-order valence-corrected chi connectivity index (χ0v) is 22.8. The first-order chi connectivity index (χ1) is 20.4. The maximum absolute atomic E-state index is 14.8. The van der Waals surface area contributed by atoms with E-state index >= 15 is 0 Å². The lowest BCUT2D eigenvalue weighted by molar-refractivity contribution is -0.117. The van der Waals surface area contributed by atoms with Gasteiger partial charge in [-0.25, -0.2) is 18.5 Å². The minimum atomic E-state index is -1.44. The molecular formula is C30H24ClF2N5O4. The van der Waals surface area contributed by atoms with Crippen LogP contribution in [0.1, 0.15) is 40.4 Å². The van der Waals surface area contributed by atoms with Crippen molar-refractivity contribution >= 4 is 34.8 Å². The van der Waals surface area contributed by atoms with Gasteiger partial charge in [-0.05, 0) is 37.1 Å². The van der Waals surface area contributed by atoms with Gasteiger partial charge in [-0.1, -0.05) is 54.1 Å². The molecular weight excluding hydrogens is 568 g/mol. The number of halogens is 3. The zero-order valence-electron chi connectivity index (χ0n) is 22.0. The Labute approximate surface area is 244 Å². The summed E-state index contributed by atoms with van der Waals surface area (Å²) in [6.45, 7) is 0.967. The summed E-state index contributed by atoms with van der Waals surface area (Å²) in [4.78, 5) is 31.5. The smallest absolute Gasteiger partial charge is 0.269 e. The molecule has 2 aliphatic rings. The molecule has 0 bridgehead atoms. The van der Waals surface area contributed by atoms with Gasteiger partial charge in [0.25, 0.3) is 11.8 Å². The molecule has 214 valence electrons. The van der Waals surface area contributed by atoms with Crippen LogP contribution < -0.4 is 15.4 Å². The maximum Gasteiger partial charge on any atom is 0.269 e. The second-order valence-electron chi connectivity index (χ2n) is 9.70. The second-order valence-corrected chi connectivity index (χ2v) is 10.1. The van der Waals surface area contributed by atoms with Gasteiger partial charge in [-0.15, -0.1) is 0 Å². The molecule has 12 heteroatoms. The zero-order chi connectivity index (χ0) is 29.2. The lowest BCUT2D eigenvalue weighted by Gasteiger charge is -2.24. The predicted molar refractivity (Wildman–Crippen MR) is 151 cm³/mol. The van der Waals surface area contributed by atoms with Crippen molar-refractivity contribution < 1.29 is 27.8 Å². The number of amides is 2. The molecule has 3 heterocycles. The Morgan fingerprint density at radius 1 is 1.05 bits per heavy atom. The van der Waals surface area contributed by atoms with Crippen molar-refractivity contribution in [3.05, 3.63) is 106 Å². The Hall–Kier alpha value is -4.61. The van der Waals surface area contributed by atoms with Crippen LogP contribution in [-0.4, -0.2) is 46.7 Å². The molecule has 1 fully saturated rings. The van der Waals surface area contributed by atoms with Crippen LogP contribution in [0.25, 0.3) is 0 Å². The number of hydrogen-bond acceptors (Lipinski definition) is 6. The highest BCUT2D eigenvalue weighted by Gasteiger charge is 2.32. The van der Waals surface area contributed by atoms with E-state index in [1.807, 2.05) is 6.07 Å². The number of aromatic nitrogens is 2. The summed E-state index contributed by atoms with van der Waals surface area (Å²) >= 11 is 5.90. The number of carbonyl (C=O) groups is 2. The summed E-state index contributed by atoms with van der Waals surface area (Å²) in [5, 5.41) is 9.72. The molecule has 6 rings (SSSR count). The van der Waals surface area contributed by atoms with Crippen LogP contribution in [0, 0.1) is 11.6 Å². The largest absolute Gasteiger partial charge is 0.435 e. The van der Waals surface area contributed by atoms with E-state index in [2.05, 4.69) is 20.7 Å². The number of rotatable bonds is 6. The van der Waals surface area contributed by atoms with E-state index in [1.54, 1.807) is 30.3 Å². The van der Waals surface area contributed by atoms with Gasteiger partial charge in [-0.2, -0.15) is 5.10 Å². The average molecular weight is 592 g/mol. The molecule has 1 atom stereocenters. The highest BCUT2D eigenvalue weighted by atomic mass is 35.5. The van der Waals surface area contributed by atoms with Crippen LogP contribution in [0.3, 0.4) is 0 Å². The highest BCUT2D eigenvalue weighted by molar-refractivity contribution is 6.30. The SMILES string of the molecule is O=C(N[C@H]1N=C(c2ccccc2)c2cccc(F)c2NC1=O)c1cnn(C2CCOCC2)c1Oc1ccc(Cl)cc1F. The minimum Gasteiger partial charge on any atom is -0.435 e. The third-order valence-electron chi connectivity index (χ3n) is 6.97. The molecule has 2 N–H and O–H groups in total. The number of carbonyl (C=O) groups excluding carboxylic acids is 2. The van der Waals surface area contributed by atoms with Crippen LogP contribution in [-0.2, 0) is 9.53 Å². The average Bonchev–Trinajstić information content (AvgIpc) is 3.36. The van der Waals surface area contributed by atoms with Gasteiger partial charge < -0.3 is 20.1 Å². The molecule has 9 nitrogen and oxygen atoms in total. The molecule has 1 aromatic heterocycles. The highest BCUT2D eigenvalue weighted by Crippen LogP contribution is 2.34. The predicted octanol–water partition coefficient (Wildman–Crippen LogP) is 5.50. The van der Waals surface area contributed by atoms with Crippen molar-refractivity contribution in [3.8, 4) is 11.6 Å². The summed E-state index contributed by atoms with van der Waals surface area (Å²) < 4.78 is 42.4. The van der Waals surface area contributed by atoms with Crippen LogP contribution >= 0.6 is 11.6 Å². The summed E-state index contributed by atoms with van der Waals surface area (Å²) in [5.41, 5.74) is 1.20. The lowest BCUT2D eigenvalue weighted by Crippen LogP contribution is -2.42. The molecule has 4 aromatic rings. The van der Waals surface area contributed by atoms with Gasteiger partial charge in [0.15, 0.2) is 11.6 Å². The van der Waals surface area contributed by atoms with E-state index in [1.165, 1.54) is 35.1 Å². The molecule has 0 spiro atoms. The number of anilines is 1. The molecule has 0 aliphatic carbocycles. The Balaban J connectivity index is 1.37. The number of nitrogens with one attached hydrogen (secondary N) is 2. The first-order valence-corrected chi connectivity index (χ1v) is 13.6. The van der Waals surface area contributed by atoms with Crippen molar-refractivity contribution in [3.63, 3.8) is 0 Å². The Morgan fingerprint density at radius 2 is 1.83 bits per heavy atom. The number of fused-ring (bicyclic) bond motifs is 1. The number of para-hydroxylation sites is 1. The van der Waals surface area contributed by atoms with Crippen molar-refractivity contribution in [1.82, 2.24) is 15.1 Å². The fourth-order valence-corrected chi connectivity index (χ4v) is 5.04. The van der Waals surface area contributed by atoms with Crippen molar-refractivity contribution in [1.29, 1.82) is 0 Å². The van der Waals surface area contributed by atoms with Gasteiger partial charge in [0.2, 0.25) is 12.0 Å². The lowest BCUT2D eigenvalue weighted by atomic mass is 10.0. The molecule has 0 unspecified atom stereocenters. The van der Waals surface area contributed by atoms with Gasteiger partial charge >= 0.3 is 0 Å². The Bertz CT molecular complexity index is 1690. The maximum atomic E-state index is 14.8. The molecule has 2 amide bonds. The summed E-state index contributed by atoms with van der Waals surface area (Å²) in [5.74, 6) is -3.05. The number of hydrogen-bond donors (Lipinski definition) is 2. The third-order valence-corrected chi connectivity index (χ3v) is 7.21. The monoisotopic (exact) mass is 591 g/mol. The van der Waals surface area contributed by atoms with Gasteiger partial charge in [0, 0.05) is 29.4 Å². The molecule has 1 saturated heterocycles. The van der Waals surface area contributed by atoms with E-state index in [4.69, 9.17) is 21.1 Å². The van der Waals surface area contributed by atoms with E-state index in [0.29, 0.717) is 42.9 Å². The van der Waals surface area contributed by atoms with Crippen LogP contribution in [0.15, 0.2) is 77.9 Å². The first-order valence-electron chi connectivity index (χ1n) is 13.2. The van der Waals surface area contributed by atoms with E-state index in [9.17, 15) is 18.4 Å². The number of ether oxygens (including phenoxy) is 2. The number of aliphatic imine (C=N–C) groups is 1. The first kappa shape index (κ1) is 27.6. The molecule has 2 aliphatic heterocycles. The van der Waals surface area contributed by atoms with E-state index in [0.717, 1.165) is 6.07 Å². The van der Waals surface area contributed by atoms with Gasteiger partial charge in [-0.3, -0.25) is 9.59 Å². The van der Waals surface area contributed by atoms with E-state index in [-0.39, 0.29) is 33.9 Å². The number of benzene rings is 3.